The molecular formula is C14H24N2O3. The Morgan fingerprint density at radius 1 is 1.32 bits per heavy atom. The molecule has 108 valence electrons. The van der Waals surface area contributed by atoms with Gasteiger partial charge < -0.3 is 15.3 Å². The Hall–Kier alpha value is -1.26. The second kappa shape index (κ2) is 6.26. The Balaban J connectivity index is 1.74. The molecule has 5 heteroatoms. The number of hydrogen-bond acceptors (Lipinski definition) is 2. The molecule has 0 aromatic heterocycles. The number of rotatable bonds is 3. The molecule has 0 aromatic rings. The van der Waals surface area contributed by atoms with E-state index < -0.39 is 11.9 Å². The van der Waals surface area contributed by atoms with Crippen LogP contribution in [-0.2, 0) is 4.79 Å². The van der Waals surface area contributed by atoms with Crippen LogP contribution in [0.15, 0.2) is 0 Å². The van der Waals surface area contributed by atoms with Gasteiger partial charge in [0.25, 0.3) is 0 Å². The molecule has 1 saturated carbocycles. The molecule has 3 atom stereocenters. The van der Waals surface area contributed by atoms with E-state index in [1.54, 1.807) is 4.90 Å². The third-order valence-electron chi connectivity index (χ3n) is 4.40. The number of carboxylic acid groups (broad SMARTS) is 1. The van der Waals surface area contributed by atoms with Crippen LogP contribution < -0.4 is 5.32 Å². The van der Waals surface area contributed by atoms with Crippen molar-refractivity contribution >= 4 is 12.0 Å². The number of aliphatic carboxylic acids is 1. The highest BCUT2D eigenvalue weighted by Crippen LogP contribution is 2.29. The smallest absolute Gasteiger partial charge is 0.317 e. The van der Waals surface area contributed by atoms with Crippen LogP contribution in [0.2, 0.25) is 0 Å². The van der Waals surface area contributed by atoms with Crippen LogP contribution in [0, 0.1) is 17.8 Å². The minimum Gasteiger partial charge on any atom is -0.481 e. The largest absolute Gasteiger partial charge is 0.481 e. The predicted octanol–water partition coefficient (Wildman–Crippen LogP) is 1.93. The Labute approximate surface area is 114 Å². The van der Waals surface area contributed by atoms with Gasteiger partial charge in [0.15, 0.2) is 0 Å². The zero-order valence-corrected chi connectivity index (χ0v) is 11.6. The fourth-order valence-corrected chi connectivity index (χ4v) is 3.22. The average molecular weight is 268 g/mol. The monoisotopic (exact) mass is 268 g/mol. The quantitative estimate of drug-likeness (QED) is 0.821. The zero-order valence-electron chi connectivity index (χ0n) is 11.6. The van der Waals surface area contributed by atoms with E-state index in [0.29, 0.717) is 25.4 Å². The van der Waals surface area contributed by atoms with Gasteiger partial charge in [-0.25, -0.2) is 4.79 Å². The van der Waals surface area contributed by atoms with Crippen molar-refractivity contribution in [2.45, 2.75) is 39.0 Å². The number of hydrogen-bond donors (Lipinski definition) is 2. The Kier molecular flexibility index (Phi) is 4.66. The van der Waals surface area contributed by atoms with E-state index in [2.05, 4.69) is 12.2 Å². The van der Waals surface area contributed by atoms with Crippen LogP contribution in [0.5, 0.6) is 0 Å². The highest BCUT2D eigenvalue weighted by molar-refractivity contribution is 5.76. The summed E-state index contributed by atoms with van der Waals surface area (Å²) >= 11 is 0. The summed E-state index contributed by atoms with van der Waals surface area (Å²) in [7, 11) is 0. The molecule has 2 aliphatic rings. The molecule has 0 radical (unpaired) electrons. The SMILES string of the molecule is CC1CCC(CNC(=O)N2CCC[C@H](C(=O)O)C2)C1. The van der Waals surface area contributed by atoms with Crippen LogP contribution in [0.1, 0.15) is 39.0 Å². The van der Waals surface area contributed by atoms with Crippen molar-refractivity contribution in [3.8, 4) is 0 Å². The molecule has 2 amide bonds. The molecule has 1 saturated heterocycles. The van der Waals surface area contributed by atoms with E-state index in [4.69, 9.17) is 5.11 Å². The lowest BCUT2D eigenvalue weighted by Gasteiger charge is -2.31. The van der Waals surface area contributed by atoms with E-state index in [1.807, 2.05) is 0 Å². The zero-order chi connectivity index (χ0) is 13.8. The van der Waals surface area contributed by atoms with Crippen LogP contribution in [0.3, 0.4) is 0 Å². The topological polar surface area (TPSA) is 69.6 Å². The third kappa shape index (κ3) is 3.85. The van der Waals surface area contributed by atoms with Gasteiger partial charge in [0, 0.05) is 19.6 Å². The molecule has 0 aromatic carbocycles. The van der Waals surface area contributed by atoms with Gasteiger partial charge in [0.05, 0.1) is 5.92 Å². The lowest BCUT2D eigenvalue weighted by molar-refractivity contribution is -0.143. The van der Waals surface area contributed by atoms with Crippen LogP contribution in [-0.4, -0.2) is 41.6 Å². The van der Waals surface area contributed by atoms with Crippen LogP contribution in [0.4, 0.5) is 4.79 Å². The van der Waals surface area contributed by atoms with Crippen LogP contribution >= 0.6 is 0 Å². The first-order valence-corrected chi connectivity index (χ1v) is 7.32. The second-order valence-corrected chi connectivity index (χ2v) is 6.09. The van der Waals surface area contributed by atoms with E-state index in [0.717, 1.165) is 18.9 Å². The molecule has 1 heterocycles. The minimum atomic E-state index is -0.790. The summed E-state index contributed by atoms with van der Waals surface area (Å²) < 4.78 is 0. The molecule has 1 aliphatic heterocycles. The van der Waals surface area contributed by atoms with Gasteiger partial charge in [-0.1, -0.05) is 13.3 Å². The summed E-state index contributed by atoms with van der Waals surface area (Å²) in [5, 5.41) is 12.0. The third-order valence-corrected chi connectivity index (χ3v) is 4.40. The first-order valence-electron chi connectivity index (χ1n) is 7.32. The predicted molar refractivity (Wildman–Crippen MR) is 71.8 cm³/mol. The standard InChI is InChI=1S/C14H24N2O3/c1-10-4-5-11(7-10)8-15-14(19)16-6-2-3-12(9-16)13(17)18/h10-12H,2-9H2,1H3,(H,15,19)(H,17,18)/t10?,11?,12-/m0/s1. The van der Waals surface area contributed by atoms with E-state index >= 15 is 0 Å². The minimum absolute atomic E-state index is 0.0921. The van der Waals surface area contributed by atoms with Crippen molar-refractivity contribution in [1.29, 1.82) is 0 Å². The molecule has 0 spiro atoms. The number of amides is 2. The maximum Gasteiger partial charge on any atom is 0.317 e. The summed E-state index contributed by atoms with van der Waals surface area (Å²) in [4.78, 5) is 24.6. The highest BCUT2D eigenvalue weighted by Gasteiger charge is 2.28. The number of carbonyl (C=O) groups is 2. The molecule has 1 aliphatic carbocycles. The van der Waals surface area contributed by atoms with Crippen molar-refractivity contribution in [3.05, 3.63) is 0 Å². The Bertz CT molecular complexity index is 346. The first-order chi connectivity index (χ1) is 9.06. The fourth-order valence-electron chi connectivity index (χ4n) is 3.22. The first kappa shape index (κ1) is 14.2. The van der Waals surface area contributed by atoms with Gasteiger partial charge in [-0.2, -0.15) is 0 Å². The summed E-state index contributed by atoms with van der Waals surface area (Å²) in [6.07, 6.45) is 5.10. The average Bonchev–Trinajstić information content (AvgIpc) is 2.82. The number of carboxylic acids is 1. The summed E-state index contributed by atoms with van der Waals surface area (Å²) in [6.45, 7) is 4.01. The molecular weight excluding hydrogens is 244 g/mol. The van der Waals surface area contributed by atoms with E-state index in [-0.39, 0.29) is 6.03 Å². The van der Waals surface area contributed by atoms with Gasteiger partial charge in [-0.05, 0) is 37.5 Å². The van der Waals surface area contributed by atoms with Gasteiger partial charge >= 0.3 is 12.0 Å². The number of carbonyl (C=O) groups excluding carboxylic acids is 1. The number of likely N-dealkylation sites (tertiary alicyclic amines) is 1. The molecule has 2 N–H and O–H groups in total. The lowest BCUT2D eigenvalue weighted by atomic mass is 9.99. The Morgan fingerprint density at radius 3 is 2.74 bits per heavy atom. The van der Waals surface area contributed by atoms with Crippen molar-refractivity contribution in [1.82, 2.24) is 10.2 Å². The molecule has 2 fully saturated rings. The molecule has 2 unspecified atom stereocenters. The molecule has 0 bridgehead atoms. The number of urea groups is 1. The van der Waals surface area contributed by atoms with Crippen molar-refractivity contribution in [2.24, 2.45) is 17.8 Å². The number of nitrogens with zero attached hydrogens (tertiary/aromatic N) is 1. The van der Waals surface area contributed by atoms with Gasteiger partial charge in [0.2, 0.25) is 0 Å². The molecule has 2 rings (SSSR count). The number of nitrogens with one attached hydrogen (secondary N) is 1. The van der Waals surface area contributed by atoms with Crippen molar-refractivity contribution < 1.29 is 14.7 Å². The summed E-state index contributed by atoms with van der Waals surface area (Å²) in [5.41, 5.74) is 0. The van der Waals surface area contributed by atoms with Gasteiger partial charge in [0.1, 0.15) is 0 Å². The second-order valence-electron chi connectivity index (χ2n) is 6.09. The Morgan fingerprint density at radius 2 is 2.11 bits per heavy atom. The number of piperidine rings is 1. The van der Waals surface area contributed by atoms with Crippen molar-refractivity contribution in [3.63, 3.8) is 0 Å². The maximum atomic E-state index is 12.0. The summed E-state index contributed by atoms with van der Waals surface area (Å²) in [5.74, 6) is 0.181. The van der Waals surface area contributed by atoms with Gasteiger partial charge in [-0.3, -0.25) is 4.79 Å². The lowest BCUT2D eigenvalue weighted by Crippen LogP contribution is -2.47. The van der Waals surface area contributed by atoms with Gasteiger partial charge in [-0.15, -0.1) is 0 Å². The molecule has 19 heavy (non-hydrogen) atoms. The summed E-state index contributed by atoms with van der Waals surface area (Å²) in [6, 6.07) is -0.0921. The normalized spacial score (nSPS) is 31.2. The molecule has 5 nitrogen and oxygen atoms in total. The van der Waals surface area contributed by atoms with Crippen molar-refractivity contribution in [2.75, 3.05) is 19.6 Å². The maximum absolute atomic E-state index is 12.0. The van der Waals surface area contributed by atoms with E-state index in [9.17, 15) is 9.59 Å². The van der Waals surface area contributed by atoms with Crippen LogP contribution in [0.25, 0.3) is 0 Å². The van der Waals surface area contributed by atoms with E-state index in [1.165, 1.54) is 19.3 Å². The fraction of sp³-hybridized carbons (Fsp3) is 0.857. The highest BCUT2D eigenvalue weighted by atomic mass is 16.4.